The van der Waals surface area contributed by atoms with Crippen LogP contribution in [-0.2, 0) is 11.3 Å². The van der Waals surface area contributed by atoms with E-state index < -0.39 is 0 Å². The fourth-order valence-electron chi connectivity index (χ4n) is 1.86. The van der Waals surface area contributed by atoms with E-state index in [2.05, 4.69) is 5.32 Å². The first kappa shape index (κ1) is 13.3. The van der Waals surface area contributed by atoms with Gasteiger partial charge in [-0.3, -0.25) is 4.79 Å². The van der Waals surface area contributed by atoms with Crippen molar-refractivity contribution in [3.8, 4) is 0 Å². The summed E-state index contributed by atoms with van der Waals surface area (Å²) in [5.74, 6) is -0.0115. The molecule has 0 bridgehead atoms. The first-order chi connectivity index (χ1) is 9.04. The van der Waals surface area contributed by atoms with Crippen molar-refractivity contribution in [1.29, 1.82) is 0 Å². The van der Waals surface area contributed by atoms with Crippen LogP contribution in [0.1, 0.15) is 16.7 Å². The Bertz CT molecular complexity index is 588. The van der Waals surface area contributed by atoms with Crippen LogP contribution < -0.4 is 9.88 Å². The normalized spacial score (nSPS) is 10.3. The molecule has 98 valence electrons. The summed E-state index contributed by atoms with van der Waals surface area (Å²) < 4.78 is 1.87. The average molecular weight is 255 g/mol. The number of pyridine rings is 1. The van der Waals surface area contributed by atoms with Crippen LogP contribution in [0.2, 0.25) is 0 Å². The van der Waals surface area contributed by atoms with Crippen molar-refractivity contribution in [2.24, 2.45) is 0 Å². The number of amides is 1. The zero-order chi connectivity index (χ0) is 13.8. The summed E-state index contributed by atoms with van der Waals surface area (Å²) in [6.45, 7) is 6.37. The van der Waals surface area contributed by atoms with E-state index in [0.717, 1.165) is 16.8 Å². The number of carbonyl (C=O) groups excluding carboxylic acids is 1. The lowest BCUT2D eigenvalue weighted by Gasteiger charge is -2.07. The van der Waals surface area contributed by atoms with Crippen LogP contribution in [0, 0.1) is 20.8 Å². The van der Waals surface area contributed by atoms with Gasteiger partial charge in [0, 0.05) is 17.8 Å². The van der Waals surface area contributed by atoms with E-state index in [4.69, 9.17) is 0 Å². The molecule has 0 radical (unpaired) electrons. The highest BCUT2D eigenvalue weighted by atomic mass is 16.1. The van der Waals surface area contributed by atoms with Crippen LogP contribution in [0.5, 0.6) is 0 Å². The molecule has 0 atom stereocenters. The second-order valence-electron chi connectivity index (χ2n) is 4.91. The smallest absolute Gasteiger partial charge is 0.290 e. The Labute approximate surface area is 113 Å². The van der Waals surface area contributed by atoms with Gasteiger partial charge in [-0.05, 0) is 43.5 Å². The number of hydrogen-bond donors (Lipinski definition) is 1. The second kappa shape index (κ2) is 5.65. The zero-order valence-electron chi connectivity index (χ0n) is 11.6. The largest absolute Gasteiger partial charge is 0.320 e. The van der Waals surface area contributed by atoms with E-state index in [-0.39, 0.29) is 5.91 Å². The van der Waals surface area contributed by atoms with E-state index in [1.807, 2.05) is 68.1 Å². The Kier molecular flexibility index (Phi) is 3.95. The van der Waals surface area contributed by atoms with Gasteiger partial charge in [0.2, 0.25) is 6.54 Å². The molecule has 0 saturated carbocycles. The monoisotopic (exact) mass is 255 g/mol. The van der Waals surface area contributed by atoms with Crippen molar-refractivity contribution >= 4 is 11.6 Å². The maximum Gasteiger partial charge on any atom is 0.290 e. The van der Waals surface area contributed by atoms with Gasteiger partial charge in [0.15, 0.2) is 12.4 Å². The number of benzene rings is 1. The summed E-state index contributed by atoms with van der Waals surface area (Å²) in [5.41, 5.74) is 4.29. The number of nitrogens with one attached hydrogen (secondary N) is 1. The molecule has 19 heavy (non-hydrogen) atoms. The fourth-order valence-corrected chi connectivity index (χ4v) is 1.86. The Morgan fingerprint density at radius 3 is 2.42 bits per heavy atom. The number of aromatic nitrogens is 1. The minimum atomic E-state index is -0.0115. The Hall–Kier alpha value is -2.16. The van der Waals surface area contributed by atoms with Crippen LogP contribution in [0.4, 0.5) is 5.69 Å². The van der Waals surface area contributed by atoms with Gasteiger partial charge in [-0.15, -0.1) is 0 Å². The lowest BCUT2D eigenvalue weighted by atomic mass is 10.1. The van der Waals surface area contributed by atoms with Crippen molar-refractivity contribution in [2.45, 2.75) is 27.3 Å². The maximum atomic E-state index is 12.0. The summed E-state index contributed by atoms with van der Waals surface area (Å²) in [4.78, 5) is 12.0. The van der Waals surface area contributed by atoms with Crippen molar-refractivity contribution in [2.75, 3.05) is 5.32 Å². The maximum absolute atomic E-state index is 12.0. The van der Waals surface area contributed by atoms with Crippen molar-refractivity contribution in [3.05, 3.63) is 59.4 Å². The van der Waals surface area contributed by atoms with E-state index in [1.165, 1.54) is 5.56 Å². The number of carbonyl (C=O) groups is 1. The Morgan fingerprint density at radius 2 is 1.74 bits per heavy atom. The van der Waals surface area contributed by atoms with Crippen LogP contribution in [-0.4, -0.2) is 5.91 Å². The number of nitrogens with zero attached hydrogens (tertiary/aromatic N) is 1. The first-order valence-electron chi connectivity index (χ1n) is 6.37. The number of aryl methyl sites for hydroxylation is 3. The minimum absolute atomic E-state index is 0.0115. The van der Waals surface area contributed by atoms with Crippen molar-refractivity contribution in [1.82, 2.24) is 0 Å². The zero-order valence-corrected chi connectivity index (χ0v) is 11.6. The molecule has 2 aromatic rings. The molecular weight excluding hydrogens is 236 g/mol. The Morgan fingerprint density at radius 1 is 1.05 bits per heavy atom. The Balaban J connectivity index is 2.05. The highest BCUT2D eigenvalue weighted by Gasteiger charge is 2.10. The minimum Gasteiger partial charge on any atom is -0.320 e. The molecule has 0 unspecified atom stereocenters. The molecular formula is C16H19N2O+. The molecule has 1 heterocycles. The van der Waals surface area contributed by atoms with Crippen molar-refractivity contribution < 1.29 is 9.36 Å². The van der Waals surface area contributed by atoms with Gasteiger partial charge in [0.05, 0.1) is 0 Å². The van der Waals surface area contributed by atoms with Gasteiger partial charge in [-0.2, -0.15) is 4.57 Å². The summed E-state index contributed by atoms with van der Waals surface area (Å²) >= 11 is 0. The highest BCUT2D eigenvalue weighted by Crippen LogP contribution is 2.15. The lowest BCUT2D eigenvalue weighted by molar-refractivity contribution is -0.684. The van der Waals surface area contributed by atoms with E-state index in [9.17, 15) is 4.79 Å². The fraction of sp³-hybridized carbons (Fsp3) is 0.250. The van der Waals surface area contributed by atoms with Gasteiger partial charge >= 0.3 is 0 Å². The molecule has 0 aliphatic heterocycles. The third-order valence-corrected chi connectivity index (χ3v) is 3.05. The van der Waals surface area contributed by atoms with Crippen LogP contribution in [0.3, 0.4) is 0 Å². The molecule has 2 rings (SSSR count). The summed E-state index contributed by atoms with van der Waals surface area (Å²) in [7, 11) is 0. The third kappa shape index (κ3) is 3.65. The van der Waals surface area contributed by atoms with E-state index >= 15 is 0 Å². The third-order valence-electron chi connectivity index (χ3n) is 3.05. The predicted octanol–water partition coefficient (Wildman–Crippen LogP) is 2.54. The van der Waals surface area contributed by atoms with Gasteiger partial charge < -0.3 is 5.32 Å². The number of hydrogen-bond acceptors (Lipinski definition) is 1. The predicted molar refractivity (Wildman–Crippen MR) is 75.9 cm³/mol. The summed E-state index contributed by atoms with van der Waals surface area (Å²) in [6.07, 6.45) is 3.83. The van der Waals surface area contributed by atoms with Gasteiger partial charge in [-0.1, -0.05) is 12.1 Å². The van der Waals surface area contributed by atoms with Gasteiger partial charge in [-0.25, -0.2) is 0 Å². The van der Waals surface area contributed by atoms with Crippen LogP contribution >= 0.6 is 0 Å². The number of rotatable bonds is 3. The highest BCUT2D eigenvalue weighted by molar-refractivity contribution is 5.90. The average Bonchev–Trinajstić information content (AvgIpc) is 2.37. The molecule has 0 fully saturated rings. The molecule has 0 aliphatic rings. The first-order valence-corrected chi connectivity index (χ1v) is 6.37. The SMILES string of the molecule is Cc1cc[n+](CC(=O)Nc2cc(C)ccc2C)cc1. The standard InChI is InChI=1S/C16H18N2O/c1-12-6-8-18(9-7-12)11-16(19)17-15-10-13(2)4-5-14(15)3/h4-10H,11H2,1-3H3/p+1. The molecule has 1 aromatic carbocycles. The quantitative estimate of drug-likeness (QED) is 0.840. The molecule has 3 heteroatoms. The lowest BCUT2D eigenvalue weighted by Crippen LogP contribution is -2.39. The van der Waals surface area contributed by atoms with Crippen LogP contribution in [0.15, 0.2) is 42.7 Å². The van der Waals surface area contributed by atoms with Crippen LogP contribution in [0.25, 0.3) is 0 Å². The number of anilines is 1. The molecule has 1 aromatic heterocycles. The van der Waals surface area contributed by atoms with Crippen molar-refractivity contribution in [3.63, 3.8) is 0 Å². The van der Waals surface area contributed by atoms with E-state index in [0.29, 0.717) is 6.54 Å². The molecule has 0 saturated heterocycles. The molecule has 0 aliphatic carbocycles. The molecule has 0 spiro atoms. The molecule has 1 N–H and O–H groups in total. The summed E-state index contributed by atoms with van der Waals surface area (Å²) in [5, 5.41) is 2.95. The molecule has 1 amide bonds. The van der Waals surface area contributed by atoms with Gasteiger partial charge in [0.1, 0.15) is 0 Å². The van der Waals surface area contributed by atoms with Gasteiger partial charge in [0.25, 0.3) is 5.91 Å². The second-order valence-corrected chi connectivity index (χ2v) is 4.91. The van der Waals surface area contributed by atoms with E-state index in [1.54, 1.807) is 0 Å². The molecule has 3 nitrogen and oxygen atoms in total. The topological polar surface area (TPSA) is 33.0 Å². The summed E-state index contributed by atoms with van der Waals surface area (Å²) in [6, 6.07) is 10.0.